The first-order chi connectivity index (χ1) is 10.1. The highest BCUT2D eigenvalue weighted by atomic mass is 35.5. The van der Waals surface area contributed by atoms with Crippen LogP contribution >= 0.6 is 11.6 Å². The van der Waals surface area contributed by atoms with Crippen LogP contribution < -0.4 is 10.9 Å². The van der Waals surface area contributed by atoms with Gasteiger partial charge in [-0.2, -0.15) is 0 Å². The zero-order chi connectivity index (χ0) is 14.8. The van der Waals surface area contributed by atoms with E-state index in [1.165, 1.54) is 18.3 Å². The number of halogens is 1. The van der Waals surface area contributed by atoms with Crippen LogP contribution in [0, 0.1) is 0 Å². The molecule has 0 aliphatic rings. The van der Waals surface area contributed by atoms with Crippen molar-refractivity contribution < 1.29 is 4.79 Å². The summed E-state index contributed by atoms with van der Waals surface area (Å²) in [6.45, 7) is 0. The molecule has 0 aliphatic carbocycles. The van der Waals surface area contributed by atoms with Gasteiger partial charge in [-0.15, -0.1) is 0 Å². The third kappa shape index (κ3) is 2.78. The van der Waals surface area contributed by atoms with Crippen molar-refractivity contribution in [2.24, 2.45) is 0 Å². The Kier molecular flexibility index (Phi) is 3.41. The summed E-state index contributed by atoms with van der Waals surface area (Å²) in [6, 6.07) is 9.83. The van der Waals surface area contributed by atoms with E-state index in [1.807, 2.05) is 6.07 Å². The number of carbonyl (C=O) groups excluding carboxylic acids is 1. The Morgan fingerprint density at radius 3 is 2.86 bits per heavy atom. The van der Waals surface area contributed by atoms with Crippen molar-refractivity contribution >= 4 is 34.1 Å². The number of hydrogen-bond donors (Lipinski definition) is 2. The molecule has 0 bridgehead atoms. The molecular weight excluding hydrogens is 290 g/mol. The van der Waals surface area contributed by atoms with Gasteiger partial charge in [0.25, 0.3) is 5.91 Å². The van der Waals surface area contributed by atoms with Crippen molar-refractivity contribution in [2.75, 3.05) is 5.32 Å². The fourth-order valence-electron chi connectivity index (χ4n) is 2.00. The summed E-state index contributed by atoms with van der Waals surface area (Å²) >= 11 is 6.05. The van der Waals surface area contributed by atoms with E-state index in [2.05, 4.69) is 15.3 Å². The predicted molar refractivity (Wildman–Crippen MR) is 81.8 cm³/mol. The lowest BCUT2D eigenvalue weighted by molar-refractivity contribution is 0.102. The highest BCUT2D eigenvalue weighted by Gasteiger charge is 2.10. The standard InChI is InChI=1S/C15H10ClN3O2/c16-11-6-9-2-1-5-17-14(9)12(7-11)19-15(21)10-3-4-13(20)18-8-10/h1-8H,(H,18,20)(H,19,21). The molecule has 0 aliphatic heterocycles. The minimum Gasteiger partial charge on any atom is -0.328 e. The largest absolute Gasteiger partial charge is 0.328 e. The molecule has 2 aromatic heterocycles. The molecule has 1 amide bonds. The van der Waals surface area contributed by atoms with Crippen LogP contribution in [0.4, 0.5) is 5.69 Å². The van der Waals surface area contributed by atoms with Crippen LogP contribution in [0.2, 0.25) is 5.02 Å². The van der Waals surface area contributed by atoms with Gasteiger partial charge in [-0.05, 0) is 24.3 Å². The van der Waals surface area contributed by atoms with Gasteiger partial charge in [0, 0.05) is 28.9 Å². The van der Waals surface area contributed by atoms with Crippen LogP contribution in [0.1, 0.15) is 10.4 Å². The van der Waals surface area contributed by atoms with Gasteiger partial charge in [-0.3, -0.25) is 14.6 Å². The molecule has 0 fully saturated rings. The molecule has 0 radical (unpaired) electrons. The van der Waals surface area contributed by atoms with E-state index in [9.17, 15) is 9.59 Å². The second kappa shape index (κ2) is 5.38. The van der Waals surface area contributed by atoms with Crippen LogP contribution in [-0.2, 0) is 0 Å². The number of fused-ring (bicyclic) bond motifs is 1. The number of anilines is 1. The molecule has 6 heteroatoms. The minimum absolute atomic E-state index is 0.263. The third-order valence-corrected chi connectivity index (χ3v) is 3.18. The molecule has 21 heavy (non-hydrogen) atoms. The third-order valence-electron chi connectivity index (χ3n) is 2.96. The first-order valence-corrected chi connectivity index (χ1v) is 6.56. The summed E-state index contributed by atoms with van der Waals surface area (Å²) in [7, 11) is 0. The number of nitrogens with one attached hydrogen (secondary N) is 2. The number of carbonyl (C=O) groups is 1. The predicted octanol–water partition coefficient (Wildman–Crippen LogP) is 2.83. The molecule has 1 aromatic carbocycles. The zero-order valence-electron chi connectivity index (χ0n) is 10.8. The summed E-state index contributed by atoms with van der Waals surface area (Å²) < 4.78 is 0. The molecule has 2 N–H and O–H groups in total. The minimum atomic E-state index is -0.347. The molecule has 104 valence electrons. The van der Waals surface area contributed by atoms with Gasteiger partial charge in [0.05, 0.1) is 16.8 Å². The average molecular weight is 300 g/mol. The molecule has 0 spiro atoms. The normalized spacial score (nSPS) is 10.5. The van der Waals surface area contributed by atoms with E-state index < -0.39 is 0 Å². The van der Waals surface area contributed by atoms with Crippen LogP contribution in [-0.4, -0.2) is 15.9 Å². The Labute approximate surface area is 124 Å². The van der Waals surface area contributed by atoms with E-state index in [0.717, 1.165) is 5.39 Å². The van der Waals surface area contributed by atoms with Crippen LogP contribution in [0.15, 0.2) is 53.6 Å². The number of H-pyrrole nitrogens is 1. The van der Waals surface area contributed by atoms with Crippen molar-refractivity contribution in [3.63, 3.8) is 0 Å². The zero-order valence-corrected chi connectivity index (χ0v) is 11.5. The lowest BCUT2D eigenvalue weighted by Crippen LogP contribution is -2.15. The fraction of sp³-hybridized carbons (Fsp3) is 0. The first-order valence-electron chi connectivity index (χ1n) is 6.18. The summed E-state index contributed by atoms with van der Waals surface area (Å²) in [5, 5.41) is 4.10. The van der Waals surface area contributed by atoms with Gasteiger partial charge in [0.1, 0.15) is 0 Å². The van der Waals surface area contributed by atoms with Crippen molar-refractivity contribution in [3.8, 4) is 0 Å². The summed E-state index contributed by atoms with van der Waals surface area (Å²) in [5.74, 6) is -0.347. The average Bonchev–Trinajstić information content (AvgIpc) is 2.47. The van der Waals surface area contributed by atoms with Gasteiger partial charge in [0.2, 0.25) is 5.56 Å². The molecule has 2 heterocycles. The Morgan fingerprint density at radius 2 is 2.10 bits per heavy atom. The van der Waals surface area contributed by atoms with Crippen molar-refractivity contribution in [1.82, 2.24) is 9.97 Å². The van der Waals surface area contributed by atoms with Crippen molar-refractivity contribution in [1.29, 1.82) is 0 Å². The molecule has 3 aromatic rings. The molecule has 3 rings (SSSR count). The SMILES string of the molecule is O=C(Nc1cc(Cl)cc2cccnc12)c1ccc(=O)[nH]c1. The first kappa shape index (κ1) is 13.3. The van der Waals surface area contributed by atoms with E-state index in [-0.39, 0.29) is 11.5 Å². The number of hydrogen-bond acceptors (Lipinski definition) is 3. The smallest absolute Gasteiger partial charge is 0.257 e. The fourth-order valence-corrected chi connectivity index (χ4v) is 2.22. The Hall–Kier alpha value is -2.66. The maximum atomic E-state index is 12.2. The number of rotatable bonds is 2. The van der Waals surface area contributed by atoms with E-state index in [0.29, 0.717) is 21.8 Å². The highest BCUT2D eigenvalue weighted by Crippen LogP contribution is 2.26. The molecule has 5 nitrogen and oxygen atoms in total. The van der Waals surface area contributed by atoms with Crippen LogP contribution in [0.5, 0.6) is 0 Å². The quantitative estimate of drug-likeness (QED) is 0.764. The lowest BCUT2D eigenvalue weighted by atomic mass is 10.2. The van der Waals surface area contributed by atoms with Crippen molar-refractivity contribution in [3.05, 3.63) is 69.7 Å². The highest BCUT2D eigenvalue weighted by molar-refractivity contribution is 6.32. The number of amides is 1. The second-order valence-corrected chi connectivity index (χ2v) is 4.86. The monoisotopic (exact) mass is 299 g/mol. The summed E-state index contributed by atoms with van der Waals surface area (Å²) in [5.41, 5.74) is 1.26. The van der Waals surface area contributed by atoms with E-state index in [4.69, 9.17) is 11.6 Å². The number of benzene rings is 1. The summed E-state index contributed by atoms with van der Waals surface area (Å²) in [4.78, 5) is 29.9. The number of nitrogens with zero attached hydrogens (tertiary/aromatic N) is 1. The number of pyridine rings is 2. The molecule has 0 atom stereocenters. The van der Waals surface area contributed by atoms with Crippen molar-refractivity contribution in [2.45, 2.75) is 0 Å². The van der Waals surface area contributed by atoms with Gasteiger partial charge >= 0.3 is 0 Å². The van der Waals surface area contributed by atoms with Gasteiger partial charge in [-0.1, -0.05) is 17.7 Å². The van der Waals surface area contributed by atoms with Gasteiger partial charge < -0.3 is 10.3 Å². The molecular formula is C15H10ClN3O2. The Morgan fingerprint density at radius 1 is 1.24 bits per heavy atom. The number of aromatic nitrogens is 2. The Balaban J connectivity index is 1.99. The van der Waals surface area contributed by atoms with Crippen LogP contribution in [0.3, 0.4) is 0 Å². The molecule has 0 saturated carbocycles. The van der Waals surface area contributed by atoms with E-state index >= 15 is 0 Å². The second-order valence-electron chi connectivity index (χ2n) is 4.42. The Bertz CT molecular complexity index is 869. The van der Waals surface area contributed by atoms with Gasteiger partial charge in [0.15, 0.2) is 0 Å². The maximum absolute atomic E-state index is 12.2. The molecule has 0 unspecified atom stereocenters. The van der Waals surface area contributed by atoms with Gasteiger partial charge in [-0.25, -0.2) is 0 Å². The lowest BCUT2D eigenvalue weighted by Gasteiger charge is -2.08. The van der Waals surface area contributed by atoms with Crippen LogP contribution in [0.25, 0.3) is 10.9 Å². The molecule has 0 saturated heterocycles. The summed E-state index contributed by atoms with van der Waals surface area (Å²) in [6.07, 6.45) is 3.00. The maximum Gasteiger partial charge on any atom is 0.257 e. The topological polar surface area (TPSA) is 74.8 Å². The number of aromatic amines is 1. The van der Waals surface area contributed by atoms with E-state index in [1.54, 1.807) is 24.4 Å².